The Morgan fingerprint density at radius 2 is 1.95 bits per heavy atom. The molecule has 0 atom stereocenters. The van der Waals surface area contributed by atoms with E-state index in [4.69, 9.17) is 5.73 Å². The summed E-state index contributed by atoms with van der Waals surface area (Å²) in [4.78, 5) is 13.5. The van der Waals surface area contributed by atoms with E-state index in [1.807, 2.05) is 23.9 Å². The second kappa shape index (κ2) is 7.59. The number of thioether (sulfide) groups is 1. The molecule has 21 heavy (non-hydrogen) atoms. The van der Waals surface area contributed by atoms with Crippen molar-refractivity contribution in [3.8, 4) is 0 Å². The number of rotatable bonds is 7. The van der Waals surface area contributed by atoms with Crippen LogP contribution in [0.1, 0.15) is 37.0 Å². The zero-order valence-corrected chi connectivity index (χ0v) is 14.5. The summed E-state index contributed by atoms with van der Waals surface area (Å²) in [7, 11) is 3.47. The highest BCUT2D eigenvalue weighted by Gasteiger charge is 2.24. The standard InChI is InChI=1S/C16H27N3OS/c1-6-16(7-2,21-5)11-18-14-9-8-12(10-13(14)17)15(20)19(3)4/h8-10,18H,6-7,11,17H2,1-5H3. The van der Waals surface area contributed by atoms with Crippen molar-refractivity contribution < 1.29 is 4.79 Å². The molecule has 0 saturated heterocycles. The third-order valence-electron chi connectivity index (χ3n) is 4.03. The summed E-state index contributed by atoms with van der Waals surface area (Å²) in [5, 5.41) is 3.43. The van der Waals surface area contributed by atoms with Gasteiger partial charge in [0.25, 0.3) is 5.91 Å². The quantitative estimate of drug-likeness (QED) is 0.759. The van der Waals surface area contributed by atoms with Gasteiger partial charge in [0, 0.05) is 31.0 Å². The van der Waals surface area contributed by atoms with Crippen molar-refractivity contribution in [2.45, 2.75) is 31.4 Å². The van der Waals surface area contributed by atoms with Gasteiger partial charge in [0.05, 0.1) is 11.4 Å². The van der Waals surface area contributed by atoms with Gasteiger partial charge in [-0.05, 0) is 37.3 Å². The molecule has 0 aliphatic rings. The molecule has 4 nitrogen and oxygen atoms in total. The predicted octanol–water partition coefficient (Wildman–Crippen LogP) is 3.30. The number of amides is 1. The second-order valence-electron chi connectivity index (χ2n) is 5.45. The summed E-state index contributed by atoms with van der Waals surface area (Å²) in [5.74, 6) is -0.0335. The number of hydrogen-bond acceptors (Lipinski definition) is 4. The molecule has 1 amide bonds. The summed E-state index contributed by atoms with van der Waals surface area (Å²) in [5.41, 5.74) is 8.20. The maximum atomic E-state index is 11.9. The lowest BCUT2D eigenvalue weighted by Crippen LogP contribution is -2.32. The van der Waals surface area contributed by atoms with Gasteiger partial charge < -0.3 is 16.0 Å². The summed E-state index contributed by atoms with van der Waals surface area (Å²) in [6, 6.07) is 5.45. The van der Waals surface area contributed by atoms with Crippen molar-refractivity contribution in [3.63, 3.8) is 0 Å². The summed E-state index contributed by atoms with van der Waals surface area (Å²) in [6.07, 6.45) is 4.36. The molecular weight excluding hydrogens is 282 g/mol. The number of nitrogen functional groups attached to an aromatic ring is 1. The zero-order chi connectivity index (χ0) is 16.0. The van der Waals surface area contributed by atoms with Gasteiger partial charge in [-0.1, -0.05) is 13.8 Å². The molecule has 1 aromatic rings. The Bertz CT molecular complexity index is 476. The molecule has 3 N–H and O–H groups in total. The van der Waals surface area contributed by atoms with Gasteiger partial charge >= 0.3 is 0 Å². The van der Waals surface area contributed by atoms with Gasteiger partial charge in [-0.2, -0.15) is 11.8 Å². The normalized spacial score (nSPS) is 11.3. The van der Waals surface area contributed by atoms with E-state index >= 15 is 0 Å². The van der Waals surface area contributed by atoms with Crippen molar-refractivity contribution in [3.05, 3.63) is 23.8 Å². The average molecular weight is 309 g/mol. The Morgan fingerprint density at radius 3 is 2.38 bits per heavy atom. The maximum Gasteiger partial charge on any atom is 0.253 e. The lowest BCUT2D eigenvalue weighted by Gasteiger charge is -2.30. The first kappa shape index (κ1) is 17.7. The highest BCUT2D eigenvalue weighted by molar-refractivity contribution is 8.00. The van der Waals surface area contributed by atoms with E-state index in [1.54, 1.807) is 25.1 Å². The van der Waals surface area contributed by atoms with Crippen LogP contribution in [0.4, 0.5) is 11.4 Å². The molecule has 118 valence electrons. The largest absolute Gasteiger partial charge is 0.397 e. The van der Waals surface area contributed by atoms with Gasteiger partial charge in [0.2, 0.25) is 0 Å². The van der Waals surface area contributed by atoms with E-state index in [9.17, 15) is 4.79 Å². The Labute approximate surface area is 132 Å². The Balaban J connectivity index is 2.84. The van der Waals surface area contributed by atoms with Gasteiger partial charge in [-0.3, -0.25) is 4.79 Å². The van der Waals surface area contributed by atoms with Crippen LogP contribution in [0.15, 0.2) is 18.2 Å². The highest BCUT2D eigenvalue weighted by Crippen LogP contribution is 2.31. The monoisotopic (exact) mass is 309 g/mol. The van der Waals surface area contributed by atoms with Crippen LogP contribution in [0.25, 0.3) is 0 Å². The first-order valence-corrected chi connectivity index (χ1v) is 8.51. The molecule has 5 heteroatoms. The van der Waals surface area contributed by atoms with E-state index in [0.29, 0.717) is 11.3 Å². The lowest BCUT2D eigenvalue weighted by atomic mass is 10.0. The molecule has 0 radical (unpaired) electrons. The van der Waals surface area contributed by atoms with E-state index in [0.717, 1.165) is 25.1 Å². The summed E-state index contributed by atoms with van der Waals surface area (Å²) in [6.45, 7) is 5.29. The van der Waals surface area contributed by atoms with Crippen molar-refractivity contribution >= 4 is 29.0 Å². The van der Waals surface area contributed by atoms with E-state index < -0.39 is 0 Å². The van der Waals surface area contributed by atoms with E-state index in [-0.39, 0.29) is 10.7 Å². The van der Waals surface area contributed by atoms with Gasteiger partial charge in [0.1, 0.15) is 0 Å². The van der Waals surface area contributed by atoms with Crippen LogP contribution in [0.3, 0.4) is 0 Å². The highest BCUT2D eigenvalue weighted by atomic mass is 32.2. The third-order valence-corrected chi connectivity index (χ3v) is 5.62. The van der Waals surface area contributed by atoms with Crippen molar-refractivity contribution in [1.82, 2.24) is 4.90 Å². The number of nitrogens with one attached hydrogen (secondary N) is 1. The molecule has 1 rings (SSSR count). The van der Waals surface area contributed by atoms with Crippen LogP contribution in [-0.4, -0.2) is 42.4 Å². The number of benzene rings is 1. The third kappa shape index (κ3) is 4.30. The van der Waals surface area contributed by atoms with Gasteiger partial charge in [0.15, 0.2) is 0 Å². The van der Waals surface area contributed by atoms with Crippen LogP contribution in [0.5, 0.6) is 0 Å². The minimum absolute atomic E-state index is 0.0335. The maximum absolute atomic E-state index is 11.9. The molecule has 0 fully saturated rings. The molecule has 0 bridgehead atoms. The number of hydrogen-bond donors (Lipinski definition) is 2. The van der Waals surface area contributed by atoms with Crippen molar-refractivity contribution in [2.75, 3.05) is 37.9 Å². The molecular formula is C16H27N3OS. The van der Waals surface area contributed by atoms with Gasteiger partial charge in [-0.25, -0.2) is 0 Å². The number of nitrogens with two attached hydrogens (primary N) is 1. The fraction of sp³-hybridized carbons (Fsp3) is 0.562. The minimum Gasteiger partial charge on any atom is -0.397 e. The Hall–Kier alpha value is -1.36. The summed E-state index contributed by atoms with van der Waals surface area (Å²) >= 11 is 1.89. The fourth-order valence-corrected chi connectivity index (χ4v) is 3.03. The molecule has 0 saturated carbocycles. The minimum atomic E-state index is -0.0335. The first-order valence-electron chi connectivity index (χ1n) is 7.29. The van der Waals surface area contributed by atoms with Crippen LogP contribution < -0.4 is 11.1 Å². The predicted molar refractivity (Wildman–Crippen MR) is 94.2 cm³/mol. The fourth-order valence-electron chi connectivity index (χ4n) is 2.23. The average Bonchev–Trinajstić information content (AvgIpc) is 2.49. The SMILES string of the molecule is CCC(CC)(CNc1ccc(C(=O)N(C)C)cc1N)SC. The Kier molecular flexibility index (Phi) is 6.40. The van der Waals surface area contributed by atoms with Crippen LogP contribution in [0, 0.1) is 0 Å². The number of anilines is 2. The van der Waals surface area contributed by atoms with Crippen LogP contribution in [-0.2, 0) is 0 Å². The Morgan fingerprint density at radius 1 is 1.33 bits per heavy atom. The zero-order valence-electron chi connectivity index (χ0n) is 13.7. The lowest BCUT2D eigenvalue weighted by molar-refractivity contribution is 0.0827. The molecule has 0 unspecified atom stereocenters. The first-order chi connectivity index (χ1) is 9.89. The molecule has 0 aliphatic heterocycles. The van der Waals surface area contributed by atoms with Gasteiger partial charge in [-0.15, -0.1) is 0 Å². The van der Waals surface area contributed by atoms with E-state index in [1.165, 1.54) is 0 Å². The molecule has 0 aliphatic carbocycles. The second-order valence-corrected chi connectivity index (χ2v) is 6.72. The molecule has 1 aromatic carbocycles. The number of carbonyl (C=O) groups is 1. The number of carbonyl (C=O) groups excluding carboxylic acids is 1. The van der Waals surface area contributed by atoms with Crippen molar-refractivity contribution in [1.29, 1.82) is 0 Å². The topological polar surface area (TPSA) is 58.4 Å². The van der Waals surface area contributed by atoms with Crippen molar-refractivity contribution in [2.24, 2.45) is 0 Å². The molecule has 0 aromatic heterocycles. The van der Waals surface area contributed by atoms with Crippen LogP contribution >= 0.6 is 11.8 Å². The molecule has 0 heterocycles. The summed E-state index contributed by atoms with van der Waals surface area (Å²) < 4.78 is 0.227. The van der Waals surface area contributed by atoms with E-state index in [2.05, 4.69) is 25.4 Å². The van der Waals surface area contributed by atoms with Crippen LogP contribution in [0.2, 0.25) is 0 Å². The number of nitrogens with zero attached hydrogens (tertiary/aromatic N) is 1. The smallest absolute Gasteiger partial charge is 0.253 e. The molecule has 0 spiro atoms.